The molecule has 27 heavy (non-hydrogen) atoms. The molecule has 2 N–H and O–H groups in total. The van der Waals surface area contributed by atoms with E-state index in [0.29, 0.717) is 30.5 Å². The van der Waals surface area contributed by atoms with E-state index in [4.69, 9.17) is 18.9 Å². The summed E-state index contributed by atoms with van der Waals surface area (Å²) in [4.78, 5) is 14.2. The first-order chi connectivity index (χ1) is 13.0. The van der Waals surface area contributed by atoms with Gasteiger partial charge in [-0.1, -0.05) is 0 Å². The Morgan fingerprint density at radius 1 is 1.07 bits per heavy atom. The number of benzene rings is 2. The number of nitrogens with one attached hydrogen (secondary N) is 2. The molecule has 0 atom stereocenters. The van der Waals surface area contributed by atoms with E-state index in [9.17, 15) is 13.2 Å². The highest BCUT2D eigenvalue weighted by Crippen LogP contribution is 2.32. The molecule has 0 fully saturated rings. The number of sulfonamides is 1. The maximum Gasteiger partial charge on any atom is 0.266 e. The van der Waals surface area contributed by atoms with Crippen molar-refractivity contribution < 1.29 is 32.2 Å². The van der Waals surface area contributed by atoms with Gasteiger partial charge in [-0.2, -0.15) is 0 Å². The van der Waals surface area contributed by atoms with Gasteiger partial charge in [0.25, 0.3) is 15.9 Å². The number of fused-ring (bicyclic) bond motifs is 1. The molecule has 0 aromatic heterocycles. The van der Waals surface area contributed by atoms with Gasteiger partial charge in [0.2, 0.25) is 6.79 Å². The second-order valence-corrected chi connectivity index (χ2v) is 7.12. The van der Waals surface area contributed by atoms with Crippen molar-refractivity contribution in [3.05, 3.63) is 48.0 Å². The van der Waals surface area contributed by atoms with Crippen LogP contribution in [0.3, 0.4) is 0 Å². The smallest absolute Gasteiger partial charge is 0.266 e. The summed E-state index contributed by atoms with van der Waals surface area (Å²) in [5.41, 5.74) is 2.39. The molecule has 1 aliphatic rings. The van der Waals surface area contributed by atoms with Crippen molar-refractivity contribution in [1.82, 2.24) is 10.3 Å². The summed E-state index contributed by atoms with van der Waals surface area (Å²) >= 11 is 0. The monoisotopic (exact) mass is 394 g/mol. The van der Waals surface area contributed by atoms with Crippen LogP contribution in [0.4, 0.5) is 0 Å². The molecule has 9 nitrogen and oxygen atoms in total. The minimum atomic E-state index is -3.93. The number of hydrazine groups is 1. The fourth-order valence-corrected chi connectivity index (χ4v) is 3.08. The SMILES string of the molecule is COCCOc1ccc(S(=O)(=O)NNC(=O)c2ccc3c(c2)OCO3)cc1. The van der Waals surface area contributed by atoms with Gasteiger partial charge < -0.3 is 18.9 Å². The molecule has 3 rings (SSSR count). The van der Waals surface area contributed by atoms with E-state index in [0.717, 1.165) is 0 Å². The third kappa shape index (κ3) is 4.67. The van der Waals surface area contributed by atoms with Crippen LogP contribution in [0.5, 0.6) is 17.2 Å². The Kier molecular flexibility index (Phi) is 5.79. The average Bonchev–Trinajstić information content (AvgIpc) is 3.14. The Hall–Kier alpha value is -2.82. The van der Waals surface area contributed by atoms with E-state index >= 15 is 0 Å². The van der Waals surface area contributed by atoms with Gasteiger partial charge in [-0.3, -0.25) is 10.2 Å². The van der Waals surface area contributed by atoms with Crippen LogP contribution in [-0.4, -0.2) is 41.4 Å². The highest BCUT2D eigenvalue weighted by atomic mass is 32.2. The van der Waals surface area contributed by atoms with Gasteiger partial charge in [-0.05, 0) is 42.5 Å². The molecule has 0 saturated carbocycles. The summed E-state index contributed by atoms with van der Waals surface area (Å²) in [7, 11) is -2.38. The van der Waals surface area contributed by atoms with Crippen LogP contribution in [0.15, 0.2) is 47.4 Å². The molecule has 0 saturated heterocycles. The van der Waals surface area contributed by atoms with Gasteiger partial charge in [0, 0.05) is 12.7 Å². The first-order valence-corrected chi connectivity index (χ1v) is 9.41. The number of rotatable bonds is 8. The second-order valence-electron chi connectivity index (χ2n) is 5.44. The van der Waals surface area contributed by atoms with Crippen LogP contribution in [0.25, 0.3) is 0 Å². The van der Waals surface area contributed by atoms with Gasteiger partial charge in [0.15, 0.2) is 11.5 Å². The van der Waals surface area contributed by atoms with Crippen molar-refractivity contribution in [2.75, 3.05) is 27.1 Å². The molecule has 10 heteroatoms. The van der Waals surface area contributed by atoms with Crippen LogP contribution >= 0.6 is 0 Å². The Bertz CT molecular complexity index is 913. The number of hydrogen-bond donors (Lipinski definition) is 2. The molecule has 144 valence electrons. The van der Waals surface area contributed by atoms with Crippen LogP contribution in [0, 0.1) is 0 Å². The van der Waals surface area contributed by atoms with Crippen molar-refractivity contribution >= 4 is 15.9 Å². The maximum atomic E-state index is 12.3. The number of carbonyl (C=O) groups is 1. The molecule has 2 aromatic carbocycles. The van der Waals surface area contributed by atoms with Gasteiger partial charge in [-0.25, -0.2) is 8.42 Å². The Morgan fingerprint density at radius 3 is 2.56 bits per heavy atom. The summed E-state index contributed by atoms with van der Waals surface area (Å²) in [5.74, 6) is 0.835. The van der Waals surface area contributed by atoms with E-state index in [1.807, 2.05) is 0 Å². The van der Waals surface area contributed by atoms with Crippen LogP contribution in [0.1, 0.15) is 10.4 Å². The Labute approximate surface area is 156 Å². The standard InChI is InChI=1S/C17H18N2O7S/c1-23-8-9-24-13-3-5-14(6-4-13)27(21,22)19-18-17(20)12-2-7-15-16(10-12)26-11-25-15/h2-7,10,19H,8-9,11H2,1H3,(H,18,20). The zero-order valence-corrected chi connectivity index (χ0v) is 15.2. The summed E-state index contributed by atoms with van der Waals surface area (Å²) in [6.45, 7) is 0.859. The first kappa shape index (κ1) is 19.0. The zero-order chi connectivity index (χ0) is 19.3. The molecular formula is C17H18N2O7S. The molecule has 0 radical (unpaired) electrons. The fraction of sp³-hybridized carbons (Fsp3) is 0.235. The third-order valence-corrected chi connectivity index (χ3v) is 4.89. The molecule has 0 bridgehead atoms. The third-order valence-electron chi connectivity index (χ3n) is 3.62. The topological polar surface area (TPSA) is 112 Å². The van der Waals surface area contributed by atoms with Crippen LogP contribution in [0.2, 0.25) is 0 Å². The molecule has 2 aromatic rings. The fourth-order valence-electron chi connectivity index (χ4n) is 2.24. The lowest BCUT2D eigenvalue weighted by Gasteiger charge is -2.10. The molecule has 1 amide bonds. The van der Waals surface area contributed by atoms with Crippen LogP contribution < -0.4 is 24.5 Å². The van der Waals surface area contributed by atoms with Gasteiger partial charge in [0.1, 0.15) is 12.4 Å². The molecule has 0 unspecified atom stereocenters. The van der Waals surface area contributed by atoms with E-state index in [1.165, 1.54) is 36.4 Å². The Balaban J connectivity index is 1.60. The number of methoxy groups -OCH3 is 1. The van der Waals surface area contributed by atoms with E-state index in [1.54, 1.807) is 13.2 Å². The quantitative estimate of drug-likeness (QED) is 0.509. The largest absolute Gasteiger partial charge is 0.491 e. The first-order valence-electron chi connectivity index (χ1n) is 7.93. The van der Waals surface area contributed by atoms with Crippen LogP contribution in [-0.2, 0) is 14.8 Å². The Morgan fingerprint density at radius 2 is 1.81 bits per heavy atom. The maximum absolute atomic E-state index is 12.3. The van der Waals surface area contributed by atoms with E-state index in [-0.39, 0.29) is 17.3 Å². The minimum absolute atomic E-state index is 0.0208. The second kappa shape index (κ2) is 8.25. The molecule has 0 spiro atoms. The number of carbonyl (C=O) groups excluding carboxylic acids is 1. The van der Waals surface area contributed by atoms with Crippen molar-refractivity contribution in [2.24, 2.45) is 0 Å². The molecule has 1 aliphatic heterocycles. The van der Waals surface area contributed by atoms with E-state index < -0.39 is 15.9 Å². The minimum Gasteiger partial charge on any atom is -0.491 e. The van der Waals surface area contributed by atoms with Gasteiger partial charge >= 0.3 is 0 Å². The predicted molar refractivity (Wildman–Crippen MR) is 94.2 cm³/mol. The number of hydrogen-bond acceptors (Lipinski definition) is 7. The van der Waals surface area contributed by atoms with Gasteiger partial charge in [0.05, 0.1) is 11.5 Å². The lowest BCUT2D eigenvalue weighted by Crippen LogP contribution is -2.41. The lowest BCUT2D eigenvalue weighted by atomic mass is 10.2. The number of amides is 1. The van der Waals surface area contributed by atoms with Crippen molar-refractivity contribution in [3.63, 3.8) is 0 Å². The van der Waals surface area contributed by atoms with Crippen molar-refractivity contribution in [3.8, 4) is 17.2 Å². The lowest BCUT2D eigenvalue weighted by molar-refractivity contribution is 0.0944. The van der Waals surface area contributed by atoms with Gasteiger partial charge in [-0.15, -0.1) is 4.83 Å². The highest BCUT2D eigenvalue weighted by Gasteiger charge is 2.19. The predicted octanol–water partition coefficient (Wildman–Crippen LogP) is 1.06. The molecule has 0 aliphatic carbocycles. The average molecular weight is 394 g/mol. The summed E-state index contributed by atoms with van der Waals surface area (Å²) in [6.07, 6.45) is 0. The summed E-state index contributed by atoms with van der Waals surface area (Å²) in [6, 6.07) is 10.3. The van der Waals surface area contributed by atoms with Crippen molar-refractivity contribution in [1.29, 1.82) is 0 Å². The highest BCUT2D eigenvalue weighted by molar-refractivity contribution is 7.89. The molecule has 1 heterocycles. The van der Waals surface area contributed by atoms with E-state index in [2.05, 4.69) is 10.3 Å². The van der Waals surface area contributed by atoms with Crippen molar-refractivity contribution in [2.45, 2.75) is 4.90 Å². The number of ether oxygens (including phenoxy) is 4. The zero-order valence-electron chi connectivity index (χ0n) is 14.4. The summed E-state index contributed by atoms with van der Waals surface area (Å²) < 4.78 is 45.2. The normalized spacial score (nSPS) is 12.6. The summed E-state index contributed by atoms with van der Waals surface area (Å²) in [5, 5.41) is 0. The molecular weight excluding hydrogens is 376 g/mol.